The number of benzene rings is 1. The molecule has 20 heavy (non-hydrogen) atoms. The maximum atomic E-state index is 11.9. The van der Waals surface area contributed by atoms with Crippen molar-refractivity contribution in [1.82, 2.24) is 0 Å². The molecule has 0 fully saturated rings. The van der Waals surface area contributed by atoms with Crippen molar-refractivity contribution in [1.29, 1.82) is 5.26 Å². The van der Waals surface area contributed by atoms with Gasteiger partial charge in [0.25, 0.3) is 5.69 Å². The number of carbonyl (C=O) groups is 1. The van der Waals surface area contributed by atoms with E-state index < -0.39 is 10.7 Å². The Morgan fingerprint density at radius 1 is 1.35 bits per heavy atom. The maximum absolute atomic E-state index is 11.9. The number of ketones is 1. The molecule has 1 aromatic carbocycles. The van der Waals surface area contributed by atoms with E-state index in [1.807, 2.05) is 0 Å². The van der Waals surface area contributed by atoms with Gasteiger partial charge in [-0.1, -0.05) is 12.1 Å². The number of carbonyl (C=O) groups excluding carboxylic acids is 1. The van der Waals surface area contributed by atoms with E-state index in [0.717, 1.165) is 0 Å². The fourth-order valence-corrected chi connectivity index (χ4v) is 1.58. The minimum Gasteiger partial charge on any atom is -0.461 e. The summed E-state index contributed by atoms with van der Waals surface area (Å²) in [6.07, 6.45) is 2.62. The van der Waals surface area contributed by atoms with Crippen molar-refractivity contribution in [2.24, 2.45) is 0 Å². The molecule has 0 unspecified atom stereocenters. The van der Waals surface area contributed by atoms with Crippen molar-refractivity contribution in [3.8, 4) is 6.07 Å². The third kappa shape index (κ3) is 2.79. The molecule has 0 N–H and O–H groups in total. The first-order valence-electron chi connectivity index (χ1n) is 5.56. The monoisotopic (exact) mass is 268 g/mol. The van der Waals surface area contributed by atoms with Crippen LogP contribution >= 0.6 is 0 Å². The smallest absolute Gasteiger partial charge is 0.270 e. The number of non-ortho nitro benzene ring substituents is 1. The highest BCUT2D eigenvalue weighted by Gasteiger charge is 2.15. The van der Waals surface area contributed by atoms with Gasteiger partial charge in [0, 0.05) is 12.1 Å². The Labute approximate surface area is 113 Å². The Hall–Kier alpha value is -3.20. The van der Waals surface area contributed by atoms with Crippen molar-refractivity contribution in [2.75, 3.05) is 0 Å². The second-order valence-electron chi connectivity index (χ2n) is 3.83. The summed E-state index contributed by atoms with van der Waals surface area (Å²) in [4.78, 5) is 22.1. The van der Waals surface area contributed by atoms with Gasteiger partial charge in [0.1, 0.15) is 11.6 Å². The zero-order valence-electron chi connectivity index (χ0n) is 10.1. The molecule has 1 heterocycles. The van der Waals surface area contributed by atoms with Crippen LogP contribution in [0.5, 0.6) is 0 Å². The van der Waals surface area contributed by atoms with Crippen molar-refractivity contribution in [3.05, 3.63) is 69.7 Å². The highest BCUT2D eigenvalue weighted by atomic mass is 16.6. The standard InChI is InChI=1S/C14H8N2O4/c15-9-11(14(17)13-5-2-6-20-13)7-10-3-1-4-12(8-10)16(18)19/h1-8H/b11-7+. The average Bonchev–Trinajstić information content (AvgIpc) is 2.98. The summed E-state index contributed by atoms with van der Waals surface area (Å²) in [5.74, 6) is -0.521. The topological polar surface area (TPSA) is 97.1 Å². The van der Waals surface area contributed by atoms with Crippen LogP contribution in [-0.2, 0) is 0 Å². The van der Waals surface area contributed by atoms with Gasteiger partial charge in [-0.3, -0.25) is 14.9 Å². The van der Waals surface area contributed by atoms with Crippen molar-refractivity contribution >= 4 is 17.5 Å². The van der Waals surface area contributed by atoms with Gasteiger partial charge in [-0.15, -0.1) is 0 Å². The van der Waals surface area contributed by atoms with Gasteiger partial charge < -0.3 is 4.42 Å². The van der Waals surface area contributed by atoms with E-state index in [2.05, 4.69) is 0 Å². The Kier molecular flexibility index (Phi) is 3.72. The van der Waals surface area contributed by atoms with Crippen LogP contribution in [0.2, 0.25) is 0 Å². The van der Waals surface area contributed by atoms with E-state index in [-0.39, 0.29) is 17.0 Å². The van der Waals surface area contributed by atoms with Gasteiger partial charge in [-0.05, 0) is 23.8 Å². The van der Waals surface area contributed by atoms with Crippen molar-refractivity contribution in [3.63, 3.8) is 0 Å². The molecule has 2 rings (SSSR count). The van der Waals surface area contributed by atoms with E-state index in [4.69, 9.17) is 9.68 Å². The lowest BCUT2D eigenvalue weighted by Gasteiger charge is -1.97. The molecule has 0 bridgehead atoms. The maximum Gasteiger partial charge on any atom is 0.270 e. The third-order valence-corrected chi connectivity index (χ3v) is 2.50. The van der Waals surface area contributed by atoms with Crippen LogP contribution in [0.4, 0.5) is 5.69 Å². The number of nitriles is 1. The average molecular weight is 268 g/mol. The number of nitro benzene ring substituents is 1. The Morgan fingerprint density at radius 3 is 2.75 bits per heavy atom. The molecule has 0 spiro atoms. The summed E-state index contributed by atoms with van der Waals surface area (Å²) >= 11 is 0. The van der Waals surface area contributed by atoms with Crippen LogP contribution in [0.1, 0.15) is 16.1 Å². The number of furan rings is 1. The molecule has 1 aromatic heterocycles. The van der Waals surface area contributed by atoms with E-state index >= 15 is 0 Å². The molecule has 0 amide bonds. The van der Waals surface area contributed by atoms with Gasteiger partial charge in [-0.25, -0.2) is 0 Å². The van der Waals surface area contributed by atoms with Gasteiger partial charge in [0.05, 0.1) is 11.2 Å². The molecular formula is C14H8N2O4. The summed E-state index contributed by atoms with van der Waals surface area (Å²) in [7, 11) is 0. The van der Waals surface area contributed by atoms with Crippen molar-refractivity contribution in [2.45, 2.75) is 0 Å². The minimum absolute atomic E-state index is 0.0447. The quantitative estimate of drug-likeness (QED) is 0.279. The van der Waals surface area contributed by atoms with Crippen LogP contribution in [0.15, 0.2) is 52.7 Å². The number of Topliss-reactive ketones (excluding diaryl/α,β-unsaturated/α-hetero) is 1. The summed E-state index contributed by atoms with van der Waals surface area (Å²) in [5.41, 5.74) is 0.137. The molecule has 0 aliphatic rings. The normalized spacial score (nSPS) is 10.8. The summed E-state index contributed by atoms with van der Waals surface area (Å²) in [6.45, 7) is 0. The van der Waals surface area contributed by atoms with Crippen molar-refractivity contribution < 1.29 is 14.1 Å². The Morgan fingerprint density at radius 2 is 2.15 bits per heavy atom. The summed E-state index contributed by atoms with van der Waals surface area (Å²) < 4.78 is 4.93. The molecule has 0 aliphatic heterocycles. The second kappa shape index (κ2) is 5.63. The van der Waals surface area contributed by atoms with Gasteiger partial charge in [-0.2, -0.15) is 5.26 Å². The fraction of sp³-hybridized carbons (Fsp3) is 0. The lowest BCUT2D eigenvalue weighted by atomic mass is 10.1. The van der Waals surface area contributed by atoms with Crippen LogP contribution in [0.3, 0.4) is 0 Å². The number of hydrogen-bond acceptors (Lipinski definition) is 5. The molecule has 0 saturated carbocycles. The molecule has 0 aliphatic carbocycles. The SMILES string of the molecule is N#C/C(=C\c1cccc([N+](=O)[O-])c1)C(=O)c1ccco1. The zero-order chi connectivity index (χ0) is 14.5. The van der Waals surface area contributed by atoms with E-state index in [0.29, 0.717) is 5.56 Å². The number of nitrogens with zero attached hydrogens (tertiary/aromatic N) is 2. The predicted molar refractivity (Wildman–Crippen MR) is 69.7 cm³/mol. The first-order chi connectivity index (χ1) is 9.61. The minimum atomic E-state index is -0.566. The lowest BCUT2D eigenvalue weighted by Crippen LogP contribution is -2.00. The van der Waals surface area contributed by atoms with E-state index in [9.17, 15) is 14.9 Å². The molecule has 0 atom stereocenters. The van der Waals surface area contributed by atoms with Crippen LogP contribution < -0.4 is 0 Å². The molecule has 6 heteroatoms. The molecule has 0 saturated heterocycles. The van der Waals surface area contributed by atoms with E-state index in [1.165, 1.54) is 42.7 Å². The molecule has 2 aromatic rings. The second-order valence-corrected chi connectivity index (χ2v) is 3.83. The van der Waals surface area contributed by atoms with Crippen LogP contribution in [0, 0.1) is 21.4 Å². The number of rotatable bonds is 4. The van der Waals surface area contributed by atoms with Crippen LogP contribution in [0.25, 0.3) is 6.08 Å². The van der Waals surface area contributed by atoms with Gasteiger partial charge >= 0.3 is 0 Å². The van der Waals surface area contributed by atoms with Gasteiger partial charge in [0.15, 0.2) is 5.76 Å². The van der Waals surface area contributed by atoms with E-state index in [1.54, 1.807) is 12.1 Å². The highest BCUT2D eigenvalue weighted by Crippen LogP contribution is 2.17. The number of allylic oxidation sites excluding steroid dienone is 1. The lowest BCUT2D eigenvalue weighted by molar-refractivity contribution is -0.384. The first kappa shape index (κ1) is 13.2. The summed E-state index contributed by atoms with van der Waals surface area (Å²) in [5, 5.41) is 19.7. The predicted octanol–water partition coefficient (Wildman–Crippen LogP) is 2.98. The van der Waals surface area contributed by atoms with Crippen LogP contribution in [-0.4, -0.2) is 10.7 Å². The third-order valence-electron chi connectivity index (χ3n) is 2.50. The Balaban J connectivity index is 2.37. The largest absolute Gasteiger partial charge is 0.461 e. The summed E-state index contributed by atoms with van der Waals surface area (Å²) in [6, 6.07) is 10.4. The van der Waals surface area contributed by atoms with Gasteiger partial charge in [0.2, 0.25) is 5.78 Å². The molecule has 0 radical (unpaired) electrons. The number of nitro groups is 1. The fourth-order valence-electron chi connectivity index (χ4n) is 1.58. The molecule has 98 valence electrons. The zero-order valence-corrected chi connectivity index (χ0v) is 10.1. The Bertz CT molecular complexity index is 724. The molecular weight excluding hydrogens is 260 g/mol. The highest BCUT2D eigenvalue weighted by molar-refractivity contribution is 6.12. The number of hydrogen-bond donors (Lipinski definition) is 0. The first-order valence-corrected chi connectivity index (χ1v) is 5.56. The molecule has 6 nitrogen and oxygen atoms in total.